The van der Waals surface area contributed by atoms with Gasteiger partial charge in [0.2, 0.25) is 5.91 Å². The molecule has 1 aromatic carbocycles. The molecule has 108 valence electrons. The van der Waals surface area contributed by atoms with Crippen LogP contribution in [-0.2, 0) is 24.3 Å². The molecular formula is C15H15N3O3. The predicted octanol–water partition coefficient (Wildman–Crippen LogP) is 1.17. The maximum absolute atomic E-state index is 12.3. The van der Waals surface area contributed by atoms with Crippen LogP contribution in [0.4, 0.5) is 0 Å². The molecule has 1 amide bonds. The average Bonchev–Trinajstić information content (AvgIpc) is 2.95. The molecule has 0 saturated heterocycles. The van der Waals surface area contributed by atoms with E-state index in [2.05, 4.69) is 11.2 Å². The predicted molar refractivity (Wildman–Crippen MR) is 74.7 cm³/mol. The van der Waals surface area contributed by atoms with Crippen LogP contribution in [-0.4, -0.2) is 38.2 Å². The van der Waals surface area contributed by atoms with Gasteiger partial charge in [0.1, 0.15) is 6.54 Å². The van der Waals surface area contributed by atoms with Crippen molar-refractivity contribution in [1.82, 2.24) is 14.7 Å². The first-order valence-electron chi connectivity index (χ1n) is 6.75. The Balaban J connectivity index is 1.67. The Hall–Kier alpha value is -2.63. The topological polar surface area (TPSA) is 75.4 Å². The van der Waals surface area contributed by atoms with Crippen LogP contribution in [0.1, 0.15) is 21.6 Å². The zero-order chi connectivity index (χ0) is 14.8. The number of carboxylic acids is 1. The van der Waals surface area contributed by atoms with E-state index in [-0.39, 0.29) is 18.1 Å². The molecule has 21 heavy (non-hydrogen) atoms. The number of aromatic carboxylic acids is 1. The Bertz CT molecular complexity index is 693. The van der Waals surface area contributed by atoms with Gasteiger partial charge in [0.25, 0.3) is 0 Å². The minimum absolute atomic E-state index is 0.0493. The normalized spacial score (nSPS) is 13.8. The summed E-state index contributed by atoms with van der Waals surface area (Å²) in [5.74, 6) is -1.14. The zero-order valence-electron chi connectivity index (χ0n) is 11.4. The lowest BCUT2D eigenvalue weighted by molar-refractivity contribution is -0.133. The monoisotopic (exact) mass is 285 g/mol. The number of nitrogens with zero attached hydrogens (tertiary/aromatic N) is 3. The quantitative estimate of drug-likeness (QED) is 0.918. The third-order valence-electron chi connectivity index (χ3n) is 3.64. The van der Waals surface area contributed by atoms with Crippen molar-refractivity contribution in [2.24, 2.45) is 0 Å². The second kappa shape index (κ2) is 5.40. The number of benzene rings is 1. The van der Waals surface area contributed by atoms with Gasteiger partial charge in [-0.2, -0.15) is 5.10 Å². The van der Waals surface area contributed by atoms with E-state index in [1.807, 2.05) is 18.2 Å². The van der Waals surface area contributed by atoms with Crippen LogP contribution in [0.3, 0.4) is 0 Å². The molecule has 0 aliphatic carbocycles. The fraction of sp³-hybridized carbons (Fsp3) is 0.267. The molecule has 0 radical (unpaired) electrons. The molecule has 0 atom stereocenters. The highest BCUT2D eigenvalue weighted by Crippen LogP contribution is 2.18. The molecule has 0 fully saturated rings. The minimum Gasteiger partial charge on any atom is -0.476 e. The molecule has 6 nitrogen and oxygen atoms in total. The van der Waals surface area contributed by atoms with Gasteiger partial charge in [-0.3, -0.25) is 9.48 Å². The fourth-order valence-electron chi connectivity index (χ4n) is 2.51. The van der Waals surface area contributed by atoms with Crippen molar-refractivity contribution in [2.45, 2.75) is 19.5 Å². The van der Waals surface area contributed by atoms with Gasteiger partial charge in [0.15, 0.2) is 5.69 Å². The van der Waals surface area contributed by atoms with E-state index in [1.54, 1.807) is 4.90 Å². The standard InChI is InChI=1S/C15H15N3O3/c19-14(10-18-8-6-13(16-18)15(20)21)17-7-5-11-3-1-2-4-12(11)9-17/h1-4,6,8H,5,7,9-10H2,(H,20,21). The second-order valence-electron chi connectivity index (χ2n) is 5.04. The van der Waals surface area contributed by atoms with Crippen LogP contribution < -0.4 is 0 Å². The highest BCUT2D eigenvalue weighted by molar-refractivity contribution is 5.85. The average molecular weight is 285 g/mol. The van der Waals surface area contributed by atoms with Crippen molar-refractivity contribution in [3.63, 3.8) is 0 Å². The van der Waals surface area contributed by atoms with Crippen molar-refractivity contribution in [2.75, 3.05) is 6.54 Å². The Morgan fingerprint density at radius 2 is 1.95 bits per heavy atom. The number of aromatic nitrogens is 2. The Morgan fingerprint density at radius 1 is 1.19 bits per heavy atom. The number of fused-ring (bicyclic) bond motifs is 1. The summed E-state index contributed by atoms with van der Waals surface area (Å²) < 4.78 is 1.37. The molecule has 0 spiro atoms. The highest BCUT2D eigenvalue weighted by Gasteiger charge is 2.21. The van der Waals surface area contributed by atoms with Gasteiger partial charge in [-0.1, -0.05) is 24.3 Å². The van der Waals surface area contributed by atoms with Crippen molar-refractivity contribution >= 4 is 11.9 Å². The van der Waals surface area contributed by atoms with Gasteiger partial charge >= 0.3 is 5.97 Å². The SMILES string of the molecule is O=C(O)c1ccn(CC(=O)N2CCc3ccccc3C2)n1. The maximum atomic E-state index is 12.3. The fourth-order valence-corrected chi connectivity index (χ4v) is 2.51. The van der Waals surface area contributed by atoms with Crippen LogP contribution in [0.2, 0.25) is 0 Å². The molecule has 1 aliphatic heterocycles. The number of carbonyl (C=O) groups excluding carboxylic acids is 1. The summed E-state index contributed by atoms with van der Waals surface area (Å²) in [7, 11) is 0. The molecule has 1 aromatic heterocycles. The van der Waals surface area contributed by atoms with E-state index in [9.17, 15) is 9.59 Å². The first kappa shape index (κ1) is 13.4. The zero-order valence-corrected chi connectivity index (χ0v) is 11.4. The van der Waals surface area contributed by atoms with E-state index in [0.717, 1.165) is 6.42 Å². The lowest BCUT2D eigenvalue weighted by Gasteiger charge is -2.28. The van der Waals surface area contributed by atoms with E-state index >= 15 is 0 Å². The van der Waals surface area contributed by atoms with E-state index in [4.69, 9.17) is 5.11 Å². The molecule has 3 rings (SSSR count). The summed E-state index contributed by atoms with van der Waals surface area (Å²) >= 11 is 0. The van der Waals surface area contributed by atoms with E-state index < -0.39 is 5.97 Å². The van der Waals surface area contributed by atoms with Crippen LogP contribution in [0.15, 0.2) is 36.5 Å². The molecule has 0 unspecified atom stereocenters. The van der Waals surface area contributed by atoms with E-state index in [0.29, 0.717) is 13.1 Å². The van der Waals surface area contributed by atoms with Crippen molar-refractivity contribution in [3.05, 3.63) is 53.3 Å². The maximum Gasteiger partial charge on any atom is 0.356 e. The number of rotatable bonds is 3. The lowest BCUT2D eigenvalue weighted by Crippen LogP contribution is -2.38. The summed E-state index contributed by atoms with van der Waals surface area (Å²) in [5.41, 5.74) is 2.41. The minimum atomic E-state index is -1.09. The first-order valence-corrected chi connectivity index (χ1v) is 6.75. The lowest BCUT2D eigenvalue weighted by atomic mass is 10.00. The number of hydrogen-bond acceptors (Lipinski definition) is 3. The molecule has 0 saturated carbocycles. The van der Waals surface area contributed by atoms with Gasteiger partial charge in [-0.05, 0) is 23.6 Å². The Kier molecular flexibility index (Phi) is 3.43. The van der Waals surface area contributed by atoms with Gasteiger partial charge in [-0.25, -0.2) is 4.79 Å². The molecule has 6 heteroatoms. The number of carboxylic acid groups (broad SMARTS) is 1. The summed E-state index contributed by atoms with van der Waals surface area (Å²) in [6, 6.07) is 9.49. The number of amides is 1. The van der Waals surface area contributed by atoms with Crippen LogP contribution in [0, 0.1) is 0 Å². The molecule has 2 aromatic rings. The first-order chi connectivity index (χ1) is 10.1. The summed E-state index contributed by atoms with van der Waals surface area (Å²) in [6.07, 6.45) is 2.36. The highest BCUT2D eigenvalue weighted by atomic mass is 16.4. The molecule has 0 bridgehead atoms. The molecule has 1 aliphatic rings. The van der Waals surface area contributed by atoms with Crippen LogP contribution >= 0.6 is 0 Å². The summed E-state index contributed by atoms with van der Waals surface area (Å²) in [4.78, 5) is 24.8. The van der Waals surface area contributed by atoms with Crippen molar-refractivity contribution in [3.8, 4) is 0 Å². The van der Waals surface area contributed by atoms with Gasteiger partial charge in [0.05, 0.1) is 0 Å². The van der Waals surface area contributed by atoms with Gasteiger partial charge in [0, 0.05) is 19.3 Å². The smallest absolute Gasteiger partial charge is 0.356 e. The van der Waals surface area contributed by atoms with Crippen molar-refractivity contribution in [1.29, 1.82) is 0 Å². The number of carbonyl (C=O) groups is 2. The third kappa shape index (κ3) is 2.79. The largest absolute Gasteiger partial charge is 0.476 e. The Morgan fingerprint density at radius 3 is 2.67 bits per heavy atom. The summed E-state index contributed by atoms with van der Waals surface area (Å²) in [6.45, 7) is 1.35. The molecular weight excluding hydrogens is 270 g/mol. The number of hydrogen-bond donors (Lipinski definition) is 1. The third-order valence-corrected chi connectivity index (χ3v) is 3.64. The van der Waals surface area contributed by atoms with Gasteiger partial charge < -0.3 is 10.0 Å². The van der Waals surface area contributed by atoms with Crippen molar-refractivity contribution < 1.29 is 14.7 Å². The molecule has 1 N–H and O–H groups in total. The van der Waals surface area contributed by atoms with Gasteiger partial charge in [-0.15, -0.1) is 0 Å². The molecule has 2 heterocycles. The van der Waals surface area contributed by atoms with Crippen LogP contribution in [0.5, 0.6) is 0 Å². The van der Waals surface area contributed by atoms with Crippen LogP contribution in [0.25, 0.3) is 0 Å². The second-order valence-corrected chi connectivity index (χ2v) is 5.04. The Labute approximate surface area is 121 Å². The van der Waals surface area contributed by atoms with E-state index in [1.165, 1.54) is 28.1 Å². The summed E-state index contributed by atoms with van der Waals surface area (Å²) in [5, 5.41) is 12.7.